The minimum Gasteiger partial charge on any atom is -0.493 e. The first kappa shape index (κ1) is 16.4. The first-order valence-electron chi connectivity index (χ1n) is 7.42. The maximum Gasteiger partial charge on any atom is 0.161 e. The second-order valence-corrected chi connectivity index (χ2v) is 4.81. The fourth-order valence-corrected chi connectivity index (χ4v) is 2.33. The van der Waals surface area contributed by atoms with Crippen molar-refractivity contribution in [1.82, 2.24) is 0 Å². The molecule has 1 N–H and O–H groups in total. The molecule has 2 rings (SSSR count). The molecule has 0 saturated carbocycles. The lowest BCUT2D eigenvalue weighted by Gasteiger charge is -2.13. The van der Waals surface area contributed by atoms with Crippen LogP contribution in [0.1, 0.15) is 18.1 Å². The summed E-state index contributed by atoms with van der Waals surface area (Å²) in [4.78, 5) is 0. The summed E-state index contributed by atoms with van der Waals surface area (Å²) in [6.45, 7) is 2.47. The number of allylic oxidation sites excluding steroid dienone is 1. The second-order valence-electron chi connectivity index (χ2n) is 4.81. The summed E-state index contributed by atoms with van der Waals surface area (Å²) in [5.74, 6) is 1.35. The second kappa shape index (κ2) is 7.90. The Morgan fingerprint density at radius 3 is 2.39 bits per heavy atom. The van der Waals surface area contributed by atoms with E-state index >= 15 is 0 Å². The first-order chi connectivity index (χ1) is 11.2. The molecule has 118 valence electrons. The van der Waals surface area contributed by atoms with Gasteiger partial charge in [0.25, 0.3) is 0 Å². The van der Waals surface area contributed by atoms with Gasteiger partial charge in [0.1, 0.15) is 0 Å². The van der Waals surface area contributed by atoms with E-state index in [9.17, 15) is 0 Å². The molecule has 2 aromatic rings. The summed E-state index contributed by atoms with van der Waals surface area (Å²) in [6, 6.07) is 15.7. The smallest absolute Gasteiger partial charge is 0.161 e. The van der Waals surface area contributed by atoms with Crippen molar-refractivity contribution in [3.05, 3.63) is 59.7 Å². The van der Waals surface area contributed by atoms with Gasteiger partial charge in [0.15, 0.2) is 11.5 Å². The SMILES string of the molecule is CCOc1cc(/C(=C/C#N)c2ccc(NC)cc2)ccc1OC. The summed E-state index contributed by atoms with van der Waals surface area (Å²) < 4.78 is 10.9. The zero-order valence-electron chi connectivity index (χ0n) is 13.6. The first-order valence-corrected chi connectivity index (χ1v) is 7.42. The Labute approximate surface area is 137 Å². The zero-order valence-corrected chi connectivity index (χ0v) is 13.6. The Hall–Kier alpha value is -2.93. The van der Waals surface area contributed by atoms with E-state index in [1.54, 1.807) is 13.2 Å². The van der Waals surface area contributed by atoms with Gasteiger partial charge >= 0.3 is 0 Å². The lowest BCUT2D eigenvalue weighted by atomic mass is 9.97. The highest BCUT2D eigenvalue weighted by atomic mass is 16.5. The largest absolute Gasteiger partial charge is 0.493 e. The highest BCUT2D eigenvalue weighted by Crippen LogP contribution is 2.33. The van der Waals surface area contributed by atoms with Crippen LogP contribution in [0.2, 0.25) is 0 Å². The lowest BCUT2D eigenvalue weighted by Crippen LogP contribution is -1.97. The predicted octanol–water partition coefficient (Wildman–Crippen LogP) is 4.09. The molecule has 0 aliphatic heterocycles. The minimum absolute atomic E-state index is 0.550. The van der Waals surface area contributed by atoms with Gasteiger partial charge in [0, 0.05) is 18.8 Å². The Bertz CT molecular complexity index is 728. The van der Waals surface area contributed by atoms with E-state index in [1.165, 1.54) is 0 Å². The van der Waals surface area contributed by atoms with E-state index in [0.29, 0.717) is 18.1 Å². The van der Waals surface area contributed by atoms with Crippen LogP contribution in [0, 0.1) is 11.3 Å². The molecule has 23 heavy (non-hydrogen) atoms. The van der Waals surface area contributed by atoms with E-state index in [1.807, 2.05) is 56.4 Å². The maximum absolute atomic E-state index is 9.14. The van der Waals surface area contributed by atoms with Crippen molar-refractivity contribution >= 4 is 11.3 Å². The number of nitrogens with zero attached hydrogens (tertiary/aromatic N) is 1. The van der Waals surface area contributed by atoms with Crippen LogP contribution >= 0.6 is 0 Å². The molecular formula is C19H20N2O2. The number of benzene rings is 2. The van der Waals surface area contributed by atoms with Crippen LogP contribution in [-0.2, 0) is 0 Å². The number of hydrogen-bond donors (Lipinski definition) is 1. The normalized spacial score (nSPS) is 10.8. The van der Waals surface area contributed by atoms with Gasteiger partial charge in [-0.25, -0.2) is 0 Å². The van der Waals surface area contributed by atoms with Gasteiger partial charge in [-0.15, -0.1) is 0 Å². The van der Waals surface area contributed by atoms with Gasteiger partial charge in [0.2, 0.25) is 0 Å². The van der Waals surface area contributed by atoms with Crippen LogP contribution in [0.3, 0.4) is 0 Å². The van der Waals surface area contributed by atoms with Crippen LogP contribution in [0.25, 0.3) is 5.57 Å². The van der Waals surface area contributed by atoms with Crippen molar-refractivity contribution in [1.29, 1.82) is 5.26 Å². The van der Waals surface area contributed by atoms with Crippen molar-refractivity contribution in [3.8, 4) is 17.6 Å². The van der Waals surface area contributed by atoms with Crippen molar-refractivity contribution in [3.63, 3.8) is 0 Å². The molecule has 0 saturated heterocycles. The van der Waals surface area contributed by atoms with E-state index in [0.717, 1.165) is 22.4 Å². The van der Waals surface area contributed by atoms with Crippen molar-refractivity contribution < 1.29 is 9.47 Å². The van der Waals surface area contributed by atoms with Gasteiger partial charge in [-0.1, -0.05) is 18.2 Å². The summed E-state index contributed by atoms with van der Waals surface area (Å²) in [5, 5.41) is 12.2. The van der Waals surface area contributed by atoms with Crippen LogP contribution in [0.15, 0.2) is 48.5 Å². The third kappa shape index (κ3) is 3.83. The number of nitriles is 1. The average Bonchev–Trinajstić information content (AvgIpc) is 2.60. The van der Waals surface area contributed by atoms with E-state index in [2.05, 4.69) is 11.4 Å². The molecule has 0 amide bonds. The van der Waals surface area contributed by atoms with Gasteiger partial charge in [-0.3, -0.25) is 0 Å². The van der Waals surface area contributed by atoms with Crippen LogP contribution < -0.4 is 14.8 Å². The third-order valence-electron chi connectivity index (χ3n) is 3.47. The Balaban J connectivity index is 2.47. The van der Waals surface area contributed by atoms with Crippen LogP contribution in [0.4, 0.5) is 5.69 Å². The van der Waals surface area contributed by atoms with Gasteiger partial charge in [0.05, 0.1) is 19.8 Å². The van der Waals surface area contributed by atoms with E-state index in [-0.39, 0.29) is 0 Å². The quantitative estimate of drug-likeness (QED) is 0.817. The van der Waals surface area contributed by atoms with Crippen molar-refractivity contribution in [2.45, 2.75) is 6.92 Å². The van der Waals surface area contributed by atoms with E-state index in [4.69, 9.17) is 14.7 Å². The van der Waals surface area contributed by atoms with E-state index < -0.39 is 0 Å². The fraction of sp³-hybridized carbons (Fsp3) is 0.211. The van der Waals surface area contributed by atoms with Gasteiger partial charge < -0.3 is 14.8 Å². The lowest BCUT2D eigenvalue weighted by molar-refractivity contribution is 0.311. The molecular weight excluding hydrogens is 288 g/mol. The fourth-order valence-electron chi connectivity index (χ4n) is 2.33. The van der Waals surface area contributed by atoms with Gasteiger partial charge in [-0.05, 0) is 47.9 Å². The van der Waals surface area contributed by atoms with Crippen LogP contribution in [0.5, 0.6) is 11.5 Å². The highest BCUT2D eigenvalue weighted by Gasteiger charge is 2.10. The van der Waals surface area contributed by atoms with Gasteiger partial charge in [-0.2, -0.15) is 5.26 Å². The molecule has 0 aliphatic carbocycles. The molecule has 0 spiro atoms. The molecule has 0 unspecified atom stereocenters. The van der Waals surface area contributed by atoms with Crippen molar-refractivity contribution in [2.75, 3.05) is 26.1 Å². The maximum atomic E-state index is 9.14. The minimum atomic E-state index is 0.550. The Morgan fingerprint density at radius 1 is 1.13 bits per heavy atom. The Kier molecular flexibility index (Phi) is 5.65. The number of methoxy groups -OCH3 is 1. The molecule has 0 fully saturated rings. The number of ether oxygens (including phenoxy) is 2. The monoisotopic (exact) mass is 308 g/mol. The number of rotatable bonds is 6. The van der Waals surface area contributed by atoms with Crippen LogP contribution in [-0.4, -0.2) is 20.8 Å². The number of hydrogen-bond acceptors (Lipinski definition) is 4. The molecule has 0 bridgehead atoms. The summed E-state index contributed by atoms with van der Waals surface area (Å²) in [5.41, 5.74) is 3.75. The summed E-state index contributed by atoms with van der Waals surface area (Å²) >= 11 is 0. The number of nitrogens with one attached hydrogen (secondary N) is 1. The third-order valence-corrected chi connectivity index (χ3v) is 3.47. The highest BCUT2D eigenvalue weighted by molar-refractivity contribution is 5.82. The molecule has 2 aromatic carbocycles. The standard InChI is InChI=1S/C19H20N2O2/c1-4-23-19-13-15(7-10-18(19)22-3)17(11-12-20)14-5-8-16(21-2)9-6-14/h5-11,13,21H,4H2,1-3H3/b17-11+. The molecule has 4 heteroatoms. The molecule has 0 aliphatic rings. The average molecular weight is 308 g/mol. The molecule has 0 heterocycles. The zero-order chi connectivity index (χ0) is 16.7. The molecule has 0 aromatic heterocycles. The molecule has 0 radical (unpaired) electrons. The summed E-state index contributed by atoms with van der Waals surface area (Å²) in [7, 11) is 3.49. The Morgan fingerprint density at radius 2 is 1.83 bits per heavy atom. The molecule has 4 nitrogen and oxygen atoms in total. The predicted molar refractivity (Wildman–Crippen MR) is 92.8 cm³/mol. The molecule has 0 atom stereocenters. The topological polar surface area (TPSA) is 54.3 Å². The summed E-state index contributed by atoms with van der Waals surface area (Å²) in [6.07, 6.45) is 1.55. The number of anilines is 1. The van der Waals surface area contributed by atoms with Crippen molar-refractivity contribution in [2.24, 2.45) is 0 Å².